The number of nitrogens with one attached hydrogen (secondary N) is 1. The lowest BCUT2D eigenvalue weighted by atomic mass is 10.1. The third-order valence-corrected chi connectivity index (χ3v) is 2.23. The third-order valence-electron chi connectivity index (χ3n) is 2.23. The summed E-state index contributed by atoms with van der Waals surface area (Å²) in [6, 6.07) is -0.206. The van der Waals surface area contributed by atoms with Gasteiger partial charge < -0.3 is 11.1 Å². The van der Waals surface area contributed by atoms with Crippen molar-refractivity contribution in [3.05, 3.63) is 0 Å². The van der Waals surface area contributed by atoms with Crippen LogP contribution < -0.4 is 11.1 Å². The van der Waals surface area contributed by atoms with E-state index in [9.17, 15) is 9.59 Å². The van der Waals surface area contributed by atoms with Crippen LogP contribution in [0, 0.1) is 0 Å². The fourth-order valence-corrected chi connectivity index (χ4v) is 1.38. The van der Waals surface area contributed by atoms with Gasteiger partial charge in [0.2, 0.25) is 11.8 Å². The maximum absolute atomic E-state index is 11.0. The van der Waals surface area contributed by atoms with E-state index in [2.05, 4.69) is 5.32 Å². The minimum absolute atomic E-state index is 0.0194. The Labute approximate surface area is 91.0 Å². The molecule has 1 unspecified atom stereocenters. The molecule has 88 valence electrons. The summed E-state index contributed by atoms with van der Waals surface area (Å²) in [5, 5.41) is 2.71. The molecule has 0 aromatic heterocycles. The van der Waals surface area contributed by atoms with Gasteiger partial charge in [0.15, 0.2) is 0 Å². The molecule has 0 aromatic carbocycles. The fraction of sp³-hybridized carbons (Fsp3) is 0.800. The van der Waals surface area contributed by atoms with Crippen molar-refractivity contribution >= 4 is 11.8 Å². The van der Waals surface area contributed by atoms with Crippen molar-refractivity contribution < 1.29 is 9.59 Å². The summed E-state index contributed by atoms with van der Waals surface area (Å²) in [7, 11) is 3.67. The monoisotopic (exact) mass is 216 g/mol. The lowest BCUT2D eigenvalue weighted by molar-refractivity contribution is -0.122. The van der Waals surface area contributed by atoms with Crippen LogP contribution in [-0.4, -0.2) is 43.4 Å². The molecular formula is C10H21N3O2. The van der Waals surface area contributed by atoms with E-state index < -0.39 is 0 Å². The molecule has 1 atom stereocenters. The number of hydrogen-bond acceptors (Lipinski definition) is 3. The van der Waals surface area contributed by atoms with Crippen LogP contribution in [0.15, 0.2) is 0 Å². The second-order valence-corrected chi connectivity index (χ2v) is 3.86. The van der Waals surface area contributed by atoms with E-state index in [0.29, 0.717) is 6.54 Å². The standard InChI is InChI=1S/C10H21N3O2/c1-8(14)12-7-5-4-6-9(10(11)15)13(2)3/h9H,4-7H2,1-3H3,(H2,11,15)(H,12,14)/i11+1. The van der Waals surface area contributed by atoms with Crippen LogP contribution in [0.3, 0.4) is 0 Å². The van der Waals surface area contributed by atoms with Crippen molar-refractivity contribution in [1.82, 2.24) is 10.2 Å². The molecule has 0 rings (SSSR count). The number of nitrogens with zero attached hydrogens (tertiary/aromatic N) is 1. The lowest BCUT2D eigenvalue weighted by Gasteiger charge is -2.20. The molecule has 0 radical (unpaired) electrons. The first-order chi connectivity index (χ1) is 6.95. The Morgan fingerprint density at radius 1 is 1.33 bits per heavy atom. The number of carbonyl (C=O) groups is 2. The first-order valence-corrected chi connectivity index (χ1v) is 5.15. The first-order valence-electron chi connectivity index (χ1n) is 5.15. The molecule has 5 heteroatoms. The van der Waals surface area contributed by atoms with Gasteiger partial charge >= 0.3 is 0 Å². The van der Waals surface area contributed by atoms with Gasteiger partial charge in [-0.2, -0.15) is 0 Å². The zero-order valence-electron chi connectivity index (χ0n) is 9.75. The van der Waals surface area contributed by atoms with Crippen LogP contribution in [-0.2, 0) is 9.59 Å². The normalized spacial score (nSPS) is 12.5. The van der Waals surface area contributed by atoms with E-state index in [0.717, 1.165) is 19.3 Å². The van der Waals surface area contributed by atoms with Crippen molar-refractivity contribution in [2.45, 2.75) is 32.2 Å². The van der Waals surface area contributed by atoms with Gasteiger partial charge in [-0.15, -0.1) is 0 Å². The van der Waals surface area contributed by atoms with Gasteiger partial charge in [-0.25, -0.2) is 0 Å². The summed E-state index contributed by atoms with van der Waals surface area (Å²) in [6.45, 7) is 2.15. The molecule has 0 saturated heterocycles. The molecule has 0 aliphatic rings. The molecule has 5 nitrogen and oxygen atoms in total. The number of likely N-dealkylation sites (N-methyl/N-ethyl adjacent to an activating group) is 1. The molecule has 2 amide bonds. The Hall–Kier alpha value is -1.10. The minimum atomic E-state index is -0.292. The maximum Gasteiger partial charge on any atom is 0.234 e. The van der Waals surface area contributed by atoms with Crippen LogP contribution >= 0.6 is 0 Å². The fourth-order valence-electron chi connectivity index (χ4n) is 1.38. The Bertz CT molecular complexity index is 217. The number of carbonyl (C=O) groups excluding carboxylic acids is 2. The van der Waals surface area contributed by atoms with E-state index >= 15 is 0 Å². The molecule has 0 spiro atoms. The zero-order chi connectivity index (χ0) is 11.8. The van der Waals surface area contributed by atoms with Gasteiger partial charge in [0.25, 0.3) is 0 Å². The lowest BCUT2D eigenvalue weighted by Crippen LogP contribution is -2.40. The molecule has 0 aliphatic carbocycles. The average molecular weight is 216 g/mol. The van der Waals surface area contributed by atoms with Gasteiger partial charge in [0.1, 0.15) is 0 Å². The summed E-state index contributed by atoms with van der Waals surface area (Å²) in [5.41, 5.74) is 5.25. The van der Waals surface area contributed by atoms with E-state index in [4.69, 9.17) is 5.73 Å². The van der Waals surface area contributed by atoms with Crippen molar-refractivity contribution in [3.63, 3.8) is 0 Å². The highest BCUT2D eigenvalue weighted by atomic mass is 16.2. The second kappa shape index (κ2) is 7.23. The Morgan fingerprint density at radius 3 is 2.33 bits per heavy atom. The number of hydrogen-bond donors (Lipinski definition) is 2. The van der Waals surface area contributed by atoms with Gasteiger partial charge in [0.05, 0.1) is 6.04 Å². The van der Waals surface area contributed by atoms with Gasteiger partial charge in [0, 0.05) is 13.5 Å². The van der Waals surface area contributed by atoms with Gasteiger partial charge in [-0.1, -0.05) is 0 Å². The molecule has 0 bridgehead atoms. The molecule has 0 saturated carbocycles. The van der Waals surface area contributed by atoms with Crippen molar-refractivity contribution in [3.8, 4) is 0 Å². The average Bonchev–Trinajstić information content (AvgIpc) is 2.08. The Morgan fingerprint density at radius 2 is 1.93 bits per heavy atom. The molecule has 0 fully saturated rings. The largest absolute Gasteiger partial charge is 0.368 e. The third kappa shape index (κ3) is 6.90. The highest BCUT2D eigenvalue weighted by molar-refractivity contribution is 5.79. The van der Waals surface area contributed by atoms with Crippen LogP contribution in [0.25, 0.3) is 0 Å². The predicted octanol–water partition coefficient (Wildman–Crippen LogP) is -0.292. The smallest absolute Gasteiger partial charge is 0.234 e. The number of rotatable bonds is 7. The van der Waals surface area contributed by atoms with Crippen molar-refractivity contribution in [2.75, 3.05) is 20.6 Å². The van der Waals surface area contributed by atoms with Crippen LogP contribution in [0.4, 0.5) is 0 Å². The van der Waals surface area contributed by atoms with Crippen LogP contribution in [0.5, 0.6) is 0 Å². The van der Waals surface area contributed by atoms with E-state index in [1.165, 1.54) is 6.92 Å². The minimum Gasteiger partial charge on any atom is -0.368 e. The summed E-state index contributed by atoms with van der Waals surface area (Å²) in [5.74, 6) is -0.311. The number of amides is 2. The molecule has 3 N–H and O–H groups in total. The Kier molecular flexibility index (Phi) is 6.70. The first kappa shape index (κ1) is 13.9. The topological polar surface area (TPSA) is 75.4 Å². The molecule has 0 heterocycles. The number of primary amides is 1. The summed E-state index contributed by atoms with van der Waals surface area (Å²) in [6.07, 6.45) is 2.49. The highest BCUT2D eigenvalue weighted by Crippen LogP contribution is 2.04. The Balaban J connectivity index is 3.63. The van der Waals surface area contributed by atoms with Crippen LogP contribution in [0.1, 0.15) is 26.2 Å². The summed E-state index contributed by atoms with van der Waals surface area (Å²) < 4.78 is 0. The quantitative estimate of drug-likeness (QED) is 0.453. The van der Waals surface area contributed by atoms with Gasteiger partial charge in [-0.3, -0.25) is 14.5 Å². The zero-order valence-corrected chi connectivity index (χ0v) is 9.75. The van der Waals surface area contributed by atoms with E-state index in [1.807, 2.05) is 19.0 Å². The number of nitrogens with two attached hydrogens (primary N) is 1. The van der Waals surface area contributed by atoms with Gasteiger partial charge in [-0.05, 0) is 33.4 Å². The molecular weight excluding hydrogens is 195 g/mol. The summed E-state index contributed by atoms with van der Waals surface area (Å²) >= 11 is 0. The molecule has 15 heavy (non-hydrogen) atoms. The SMILES string of the molecule is CC(=O)NCCCCC(C([15NH2])=O)N(C)C. The van der Waals surface area contributed by atoms with E-state index in [-0.39, 0.29) is 17.9 Å². The van der Waals surface area contributed by atoms with Crippen LogP contribution in [0.2, 0.25) is 0 Å². The molecule has 0 aromatic rings. The predicted molar refractivity (Wildman–Crippen MR) is 59.2 cm³/mol. The highest BCUT2D eigenvalue weighted by Gasteiger charge is 2.16. The second-order valence-electron chi connectivity index (χ2n) is 3.86. The number of unbranched alkanes of at least 4 members (excludes halogenated alkanes) is 1. The van der Waals surface area contributed by atoms with Crippen molar-refractivity contribution in [2.24, 2.45) is 5.73 Å². The van der Waals surface area contributed by atoms with E-state index in [1.54, 1.807) is 0 Å². The maximum atomic E-state index is 11.0. The molecule has 0 aliphatic heterocycles. The summed E-state index contributed by atoms with van der Waals surface area (Å²) in [4.78, 5) is 23.4. The van der Waals surface area contributed by atoms with Crippen molar-refractivity contribution in [1.29, 1.82) is 0 Å².